The van der Waals surface area contributed by atoms with Gasteiger partial charge in [0.05, 0.1) is 0 Å². The Bertz CT molecular complexity index is 282. The SMILES string of the molecule is C=CCC[C@H](C)N[C@@H](C)c1ccncc1. The highest BCUT2D eigenvalue weighted by molar-refractivity contribution is 5.14. The van der Waals surface area contributed by atoms with Crippen LogP contribution in [0.5, 0.6) is 0 Å². The second kappa shape index (κ2) is 6.36. The number of aromatic nitrogens is 1. The van der Waals surface area contributed by atoms with Gasteiger partial charge in [-0.15, -0.1) is 6.58 Å². The van der Waals surface area contributed by atoms with E-state index >= 15 is 0 Å². The van der Waals surface area contributed by atoms with Crippen molar-refractivity contribution in [2.24, 2.45) is 0 Å². The van der Waals surface area contributed by atoms with Gasteiger partial charge in [-0.3, -0.25) is 4.98 Å². The molecule has 0 unspecified atom stereocenters. The minimum absolute atomic E-state index is 0.382. The summed E-state index contributed by atoms with van der Waals surface area (Å²) < 4.78 is 0. The Morgan fingerprint density at radius 1 is 1.40 bits per heavy atom. The summed E-state index contributed by atoms with van der Waals surface area (Å²) in [4.78, 5) is 4.02. The highest BCUT2D eigenvalue weighted by Crippen LogP contribution is 2.12. The van der Waals surface area contributed by atoms with Crippen LogP contribution in [0.15, 0.2) is 37.2 Å². The monoisotopic (exact) mass is 204 g/mol. The first-order chi connectivity index (χ1) is 7.24. The summed E-state index contributed by atoms with van der Waals surface area (Å²) in [5.74, 6) is 0. The van der Waals surface area contributed by atoms with Crippen LogP contribution in [0.2, 0.25) is 0 Å². The molecule has 2 nitrogen and oxygen atoms in total. The topological polar surface area (TPSA) is 24.9 Å². The molecule has 0 amide bonds. The summed E-state index contributed by atoms with van der Waals surface area (Å²) in [6.45, 7) is 8.12. The molecule has 1 N–H and O–H groups in total. The maximum atomic E-state index is 4.02. The van der Waals surface area contributed by atoms with Gasteiger partial charge in [-0.05, 0) is 44.4 Å². The molecule has 2 atom stereocenters. The largest absolute Gasteiger partial charge is 0.308 e. The van der Waals surface area contributed by atoms with E-state index in [1.54, 1.807) is 0 Å². The van der Waals surface area contributed by atoms with E-state index in [-0.39, 0.29) is 0 Å². The van der Waals surface area contributed by atoms with Crippen LogP contribution in [0.4, 0.5) is 0 Å². The molecule has 1 rings (SSSR count). The summed E-state index contributed by atoms with van der Waals surface area (Å²) in [7, 11) is 0. The number of pyridine rings is 1. The van der Waals surface area contributed by atoms with Gasteiger partial charge in [0.1, 0.15) is 0 Å². The van der Waals surface area contributed by atoms with Crippen LogP contribution in [0.1, 0.15) is 38.3 Å². The molecular weight excluding hydrogens is 184 g/mol. The lowest BCUT2D eigenvalue weighted by Gasteiger charge is -2.19. The van der Waals surface area contributed by atoms with Gasteiger partial charge in [0.15, 0.2) is 0 Å². The Kier molecular flexibility index (Phi) is 5.05. The zero-order valence-electron chi connectivity index (χ0n) is 9.61. The van der Waals surface area contributed by atoms with Crippen molar-refractivity contribution in [1.82, 2.24) is 10.3 Å². The molecule has 0 radical (unpaired) electrons. The smallest absolute Gasteiger partial charge is 0.0295 e. The van der Waals surface area contributed by atoms with Crippen molar-refractivity contribution in [3.63, 3.8) is 0 Å². The lowest BCUT2D eigenvalue weighted by atomic mass is 10.1. The molecule has 2 heteroatoms. The van der Waals surface area contributed by atoms with Crippen LogP contribution in [-0.2, 0) is 0 Å². The van der Waals surface area contributed by atoms with Gasteiger partial charge in [-0.25, -0.2) is 0 Å². The van der Waals surface area contributed by atoms with Crippen LogP contribution in [-0.4, -0.2) is 11.0 Å². The molecule has 82 valence electrons. The van der Waals surface area contributed by atoms with E-state index in [1.165, 1.54) is 5.56 Å². The molecule has 0 aliphatic rings. The second-order valence-corrected chi connectivity index (χ2v) is 3.94. The Balaban J connectivity index is 2.41. The molecule has 0 fully saturated rings. The van der Waals surface area contributed by atoms with Gasteiger partial charge >= 0.3 is 0 Å². The van der Waals surface area contributed by atoms with Crippen LogP contribution < -0.4 is 5.32 Å². The summed E-state index contributed by atoms with van der Waals surface area (Å²) >= 11 is 0. The molecule has 0 spiro atoms. The van der Waals surface area contributed by atoms with Crippen LogP contribution in [0.3, 0.4) is 0 Å². The summed E-state index contributed by atoms with van der Waals surface area (Å²) in [5, 5.41) is 3.56. The first-order valence-electron chi connectivity index (χ1n) is 5.51. The fraction of sp³-hybridized carbons (Fsp3) is 0.462. The van der Waals surface area contributed by atoms with Gasteiger partial charge in [0.2, 0.25) is 0 Å². The maximum Gasteiger partial charge on any atom is 0.0295 e. The molecule has 0 aliphatic carbocycles. The van der Waals surface area contributed by atoms with Crippen molar-refractivity contribution in [3.05, 3.63) is 42.7 Å². The normalized spacial score (nSPS) is 14.5. The Hall–Kier alpha value is -1.15. The van der Waals surface area contributed by atoms with Gasteiger partial charge in [0, 0.05) is 24.5 Å². The zero-order chi connectivity index (χ0) is 11.1. The van der Waals surface area contributed by atoms with Crippen LogP contribution in [0, 0.1) is 0 Å². The standard InChI is InChI=1S/C13H20N2/c1-4-5-6-11(2)15-12(3)13-7-9-14-10-8-13/h4,7-12,15H,1,5-6H2,2-3H3/t11-,12-/m0/s1. The van der Waals surface area contributed by atoms with Crippen molar-refractivity contribution in [2.45, 2.75) is 38.8 Å². The quantitative estimate of drug-likeness (QED) is 0.720. The highest BCUT2D eigenvalue weighted by atomic mass is 14.9. The lowest BCUT2D eigenvalue weighted by Crippen LogP contribution is -2.28. The van der Waals surface area contributed by atoms with Gasteiger partial charge in [-0.2, -0.15) is 0 Å². The van der Waals surface area contributed by atoms with E-state index in [0.717, 1.165) is 12.8 Å². The summed E-state index contributed by atoms with van der Waals surface area (Å²) in [6.07, 6.45) is 7.84. The van der Waals surface area contributed by atoms with Crippen molar-refractivity contribution in [1.29, 1.82) is 0 Å². The third kappa shape index (κ3) is 4.26. The molecule has 0 aromatic carbocycles. The van der Waals surface area contributed by atoms with Crippen LogP contribution in [0.25, 0.3) is 0 Å². The van der Waals surface area contributed by atoms with E-state index in [2.05, 4.69) is 42.9 Å². The first kappa shape index (κ1) is 11.9. The molecule has 1 aromatic rings. The van der Waals surface area contributed by atoms with E-state index in [1.807, 2.05) is 18.5 Å². The summed E-state index contributed by atoms with van der Waals surface area (Å²) in [5.41, 5.74) is 1.29. The van der Waals surface area contributed by atoms with E-state index < -0.39 is 0 Å². The molecular formula is C13H20N2. The number of allylic oxidation sites excluding steroid dienone is 1. The number of hydrogen-bond donors (Lipinski definition) is 1. The maximum absolute atomic E-state index is 4.02. The van der Waals surface area contributed by atoms with E-state index in [4.69, 9.17) is 0 Å². The van der Waals surface area contributed by atoms with Crippen molar-refractivity contribution in [3.8, 4) is 0 Å². The predicted molar refractivity (Wildman–Crippen MR) is 64.7 cm³/mol. The number of nitrogens with one attached hydrogen (secondary N) is 1. The highest BCUT2D eigenvalue weighted by Gasteiger charge is 2.07. The first-order valence-corrected chi connectivity index (χ1v) is 5.51. The lowest BCUT2D eigenvalue weighted by molar-refractivity contribution is 0.458. The van der Waals surface area contributed by atoms with Gasteiger partial charge in [-0.1, -0.05) is 6.08 Å². The molecule has 0 saturated carbocycles. The van der Waals surface area contributed by atoms with Crippen molar-refractivity contribution < 1.29 is 0 Å². The molecule has 1 heterocycles. The molecule has 0 aliphatic heterocycles. The third-order valence-electron chi connectivity index (χ3n) is 2.54. The number of nitrogens with zero attached hydrogens (tertiary/aromatic N) is 1. The second-order valence-electron chi connectivity index (χ2n) is 3.94. The van der Waals surface area contributed by atoms with Gasteiger partial charge < -0.3 is 5.32 Å². The molecule has 1 aromatic heterocycles. The average molecular weight is 204 g/mol. The van der Waals surface area contributed by atoms with Gasteiger partial charge in [0.25, 0.3) is 0 Å². The minimum Gasteiger partial charge on any atom is -0.308 e. The summed E-state index contributed by atoms with van der Waals surface area (Å²) in [6, 6.07) is 5.01. The predicted octanol–water partition coefficient (Wildman–Crippen LogP) is 3.09. The van der Waals surface area contributed by atoms with Crippen LogP contribution >= 0.6 is 0 Å². The average Bonchev–Trinajstić information content (AvgIpc) is 2.27. The van der Waals surface area contributed by atoms with Crippen molar-refractivity contribution >= 4 is 0 Å². The fourth-order valence-electron chi connectivity index (χ4n) is 1.63. The Morgan fingerprint density at radius 2 is 2.07 bits per heavy atom. The molecule has 15 heavy (non-hydrogen) atoms. The third-order valence-corrected chi connectivity index (χ3v) is 2.54. The Labute approximate surface area is 92.4 Å². The van der Waals surface area contributed by atoms with E-state index in [0.29, 0.717) is 12.1 Å². The zero-order valence-corrected chi connectivity index (χ0v) is 9.61. The minimum atomic E-state index is 0.382. The molecule has 0 saturated heterocycles. The Morgan fingerprint density at radius 3 is 2.67 bits per heavy atom. The number of hydrogen-bond acceptors (Lipinski definition) is 2. The fourth-order valence-corrected chi connectivity index (χ4v) is 1.63. The number of rotatable bonds is 6. The van der Waals surface area contributed by atoms with E-state index in [9.17, 15) is 0 Å². The molecule has 0 bridgehead atoms. The van der Waals surface area contributed by atoms with Crippen molar-refractivity contribution in [2.75, 3.05) is 0 Å².